The van der Waals surface area contributed by atoms with Gasteiger partial charge in [0.25, 0.3) is 0 Å². The van der Waals surface area contributed by atoms with Gasteiger partial charge in [-0.1, -0.05) is 59.7 Å². The lowest BCUT2D eigenvalue weighted by atomic mass is 9.83. The average Bonchev–Trinajstić information content (AvgIpc) is 3.27. The SMILES string of the molecule is Cc1c2c(c(CC(C)(C)C)c3ccoc13)Oc1cc3ccc(CC(C)(C)C)cc3c3cc[n+](C)c-2c13. The number of fused-ring (bicyclic) bond motifs is 5. The predicted octanol–water partition coefficient (Wildman–Crippen LogP) is 8.82. The van der Waals surface area contributed by atoms with Gasteiger partial charge >= 0.3 is 0 Å². The zero-order chi connectivity index (χ0) is 25.6. The third kappa shape index (κ3) is 3.59. The van der Waals surface area contributed by atoms with E-state index in [0.717, 1.165) is 46.4 Å². The van der Waals surface area contributed by atoms with Crippen molar-refractivity contribution in [2.75, 3.05) is 0 Å². The molecule has 0 fully saturated rings. The van der Waals surface area contributed by atoms with Crippen LogP contribution in [0.2, 0.25) is 0 Å². The Labute approximate surface area is 213 Å². The molecule has 0 saturated heterocycles. The number of nitrogens with zero attached hydrogens (tertiary/aromatic N) is 1. The molecule has 3 nitrogen and oxygen atoms in total. The quantitative estimate of drug-likeness (QED) is 0.184. The van der Waals surface area contributed by atoms with Crippen LogP contribution >= 0.6 is 0 Å². The van der Waals surface area contributed by atoms with E-state index in [0.29, 0.717) is 0 Å². The van der Waals surface area contributed by atoms with Crippen LogP contribution < -0.4 is 9.30 Å². The minimum atomic E-state index is 0.109. The number of pyridine rings is 1. The Bertz CT molecular complexity index is 1690. The van der Waals surface area contributed by atoms with Crippen molar-refractivity contribution < 1.29 is 13.7 Å². The molecule has 0 aliphatic carbocycles. The molecule has 0 amide bonds. The minimum Gasteiger partial charge on any atom is -0.464 e. The summed E-state index contributed by atoms with van der Waals surface area (Å²) in [5.74, 6) is 1.92. The van der Waals surface area contributed by atoms with Crippen molar-refractivity contribution in [3.63, 3.8) is 0 Å². The molecule has 36 heavy (non-hydrogen) atoms. The van der Waals surface area contributed by atoms with E-state index in [4.69, 9.17) is 9.15 Å². The molecule has 6 rings (SSSR count). The summed E-state index contributed by atoms with van der Waals surface area (Å²) in [6.07, 6.45) is 5.96. The Morgan fingerprint density at radius 2 is 1.58 bits per heavy atom. The van der Waals surface area contributed by atoms with E-state index in [1.165, 1.54) is 38.4 Å². The first kappa shape index (κ1) is 23.1. The lowest BCUT2D eigenvalue weighted by Crippen LogP contribution is -2.32. The Morgan fingerprint density at radius 1 is 0.833 bits per heavy atom. The van der Waals surface area contributed by atoms with Gasteiger partial charge in [0.1, 0.15) is 24.1 Å². The Hall–Kier alpha value is -3.33. The van der Waals surface area contributed by atoms with Crippen LogP contribution in [0.5, 0.6) is 11.5 Å². The van der Waals surface area contributed by atoms with E-state index in [9.17, 15) is 0 Å². The number of hydrogen-bond acceptors (Lipinski definition) is 2. The van der Waals surface area contributed by atoms with Gasteiger partial charge in [0, 0.05) is 28.0 Å². The topological polar surface area (TPSA) is 26.2 Å². The fourth-order valence-electron chi connectivity index (χ4n) is 6.01. The first-order valence-electron chi connectivity index (χ1n) is 13.0. The van der Waals surface area contributed by atoms with Crippen LogP contribution in [-0.4, -0.2) is 0 Å². The summed E-state index contributed by atoms with van der Waals surface area (Å²) in [7, 11) is 2.14. The molecule has 2 aromatic heterocycles. The maximum absolute atomic E-state index is 6.90. The molecule has 5 aromatic rings. The molecule has 3 heteroatoms. The number of aromatic nitrogens is 1. The molecule has 0 spiro atoms. The maximum atomic E-state index is 6.90. The van der Waals surface area contributed by atoms with Crippen molar-refractivity contribution in [2.45, 2.75) is 61.3 Å². The van der Waals surface area contributed by atoms with E-state index in [1.54, 1.807) is 0 Å². The van der Waals surface area contributed by atoms with Crippen molar-refractivity contribution in [1.29, 1.82) is 0 Å². The van der Waals surface area contributed by atoms with Gasteiger partial charge in [0.2, 0.25) is 5.69 Å². The molecule has 3 aromatic carbocycles. The molecular formula is C33H36NO2+. The van der Waals surface area contributed by atoms with Gasteiger partial charge in [0.05, 0.1) is 17.2 Å². The van der Waals surface area contributed by atoms with Crippen LogP contribution in [0.4, 0.5) is 0 Å². The monoisotopic (exact) mass is 478 g/mol. The minimum absolute atomic E-state index is 0.109. The number of hydrogen-bond donors (Lipinski definition) is 0. The fourth-order valence-corrected chi connectivity index (χ4v) is 6.01. The number of rotatable bonds is 2. The van der Waals surface area contributed by atoms with Gasteiger partial charge < -0.3 is 9.15 Å². The van der Waals surface area contributed by atoms with Crippen LogP contribution in [0, 0.1) is 17.8 Å². The van der Waals surface area contributed by atoms with Crippen LogP contribution in [0.25, 0.3) is 43.8 Å². The van der Waals surface area contributed by atoms with Gasteiger partial charge in [-0.2, -0.15) is 0 Å². The van der Waals surface area contributed by atoms with Crippen molar-refractivity contribution in [3.05, 3.63) is 65.5 Å². The molecule has 0 saturated carbocycles. The standard InChI is InChI=1S/C33H36NO2/c1-19-27-29-28-22(11-13-34(29)8)24-15-20(17-32(2,3)4)9-10-21(24)16-26(28)36-31(27)25(18-33(5,6)7)23-12-14-35-30(19)23/h9-16H,17-18H2,1-8H3/q+1. The summed E-state index contributed by atoms with van der Waals surface area (Å²) in [4.78, 5) is 0. The fraction of sp³-hybridized carbons (Fsp3) is 0.364. The largest absolute Gasteiger partial charge is 0.464 e. The third-order valence-corrected chi connectivity index (χ3v) is 7.36. The highest BCUT2D eigenvalue weighted by Gasteiger charge is 2.35. The van der Waals surface area contributed by atoms with E-state index in [1.807, 2.05) is 6.26 Å². The second-order valence-corrected chi connectivity index (χ2v) is 13.0. The highest BCUT2D eigenvalue weighted by Crippen LogP contribution is 2.52. The first-order valence-corrected chi connectivity index (χ1v) is 13.0. The Kier molecular flexibility index (Phi) is 4.87. The van der Waals surface area contributed by atoms with Gasteiger partial charge in [-0.15, -0.1) is 0 Å². The highest BCUT2D eigenvalue weighted by molar-refractivity contribution is 6.16. The van der Waals surface area contributed by atoms with Crippen molar-refractivity contribution in [2.24, 2.45) is 17.9 Å². The lowest BCUT2D eigenvalue weighted by Gasteiger charge is -2.27. The summed E-state index contributed by atoms with van der Waals surface area (Å²) >= 11 is 0. The van der Waals surface area contributed by atoms with E-state index in [-0.39, 0.29) is 10.8 Å². The van der Waals surface area contributed by atoms with Crippen LogP contribution in [0.3, 0.4) is 0 Å². The molecule has 3 heterocycles. The van der Waals surface area contributed by atoms with Crippen molar-refractivity contribution in [3.8, 4) is 22.8 Å². The van der Waals surface area contributed by atoms with Crippen molar-refractivity contribution >= 4 is 32.5 Å². The number of benzene rings is 3. The van der Waals surface area contributed by atoms with Crippen molar-refractivity contribution in [1.82, 2.24) is 0 Å². The molecule has 0 atom stereocenters. The zero-order valence-corrected chi connectivity index (χ0v) is 22.8. The van der Waals surface area contributed by atoms with Crippen LogP contribution in [0.15, 0.2) is 53.3 Å². The Balaban J connectivity index is 1.71. The second kappa shape index (κ2) is 7.59. The summed E-state index contributed by atoms with van der Waals surface area (Å²) in [5, 5.41) is 6.09. The summed E-state index contributed by atoms with van der Waals surface area (Å²) in [6.45, 7) is 15.9. The third-order valence-electron chi connectivity index (χ3n) is 7.36. The van der Waals surface area contributed by atoms with E-state index >= 15 is 0 Å². The average molecular weight is 479 g/mol. The summed E-state index contributed by atoms with van der Waals surface area (Å²) < 4.78 is 15.2. The lowest BCUT2D eigenvalue weighted by molar-refractivity contribution is -0.659. The van der Waals surface area contributed by atoms with Gasteiger partial charge in [-0.25, -0.2) is 4.57 Å². The highest BCUT2D eigenvalue weighted by atomic mass is 16.5. The van der Waals surface area contributed by atoms with Crippen LogP contribution in [0.1, 0.15) is 58.2 Å². The normalized spacial score (nSPS) is 13.4. The predicted molar refractivity (Wildman–Crippen MR) is 149 cm³/mol. The van der Waals surface area contributed by atoms with Crippen LogP contribution in [-0.2, 0) is 19.9 Å². The van der Waals surface area contributed by atoms with Gasteiger partial charge in [-0.05, 0) is 59.1 Å². The molecule has 0 unspecified atom stereocenters. The molecule has 1 aliphatic heterocycles. The Morgan fingerprint density at radius 3 is 2.31 bits per heavy atom. The summed E-state index contributed by atoms with van der Waals surface area (Å²) in [5.41, 5.74) is 7.42. The van der Waals surface area contributed by atoms with E-state index < -0.39 is 0 Å². The second-order valence-electron chi connectivity index (χ2n) is 13.0. The molecule has 1 aliphatic rings. The maximum Gasteiger partial charge on any atom is 0.228 e. The summed E-state index contributed by atoms with van der Waals surface area (Å²) in [6, 6.07) is 13.5. The number of ether oxygens (including phenoxy) is 1. The van der Waals surface area contributed by atoms with Gasteiger partial charge in [0.15, 0.2) is 6.20 Å². The molecule has 0 N–H and O–H groups in total. The molecule has 184 valence electrons. The molecule has 0 bridgehead atoms. The number of aryl methyl sites for hydroxylation is 2. The molecular weight excluding hydrogens is 442 g/mol. The molecule has 0 radical (unpaired) electrons. The number of furan rings is 1. The first-order chi connectivity index (χ1) is 16.9. The van der Waals surface area contributed by atoms with Gasteiger partial charge in [-0.3, -0.25) is 0 Å². The van der Waals surface area contributed by atoms with E-state index in [2.05, 4.69) is 103 Å². The smallest absolute Gasteiger partial charge is 0.228 e. The zero-order valence-electron chi connectivity index (χ0n) is 22.8.